The number of sulfonamides is 1. The third-order valence-electron chi connectivity index (χ3n) is 4.95. The van der Waals surface area contributed by atoms with Gasteiger partial charge in [-0.3, -0.25) is 0 Å². The molecule has 1 spiro atoms. The van der Waals surface area contributed by atoms with Gasteiger partial charge in [0.1, 0.15) is 16.4 Å². The van der Waals surface area contributed by atoms with Gasteiger partial charge in [-0.05, 0) is 43.4 Å². The summed E-state index contributed by atoms with van der Waals surface area (Å²) in [6.45, 7) is 3.08. The summed E-state index contributed by atoms with van der Waals surface area (Å²) in [5, 5.41) is 3.40. The number of hydrogen-bond donors (Lipinski definition) is 1. The average molecular weight is 377 g/mol. The van der Waals surface area contributed by atoms with E-state index in [0.717, 1.165) is 32.4 Å². The van der Waals surface area contributed by atoms with Gasteiger partial charge in [-0.15, -0.1) is 12.4 Å². The minimum absolute atomic E-state index is 0. The summed E-state index contributed by atoms with van der Waals surface area (Å²) in [4.78, 5) is 0.210. The molecule has 1 atom stereocenters. The minimum Gasteiger partial charge on any atom is -0.497 e. The maximum absolute atomic E-state index is 13.0. The maximum atomic E-state index is 13.0. The van der Waals surface area contributed by atoms with Crippen molar-refractivity contribution < 1.29 is 17.9 Å². The fourth-order valence-electron chi connectivity index (χ4n) is 3.60. The molecule has 2 aliphatic rings. The molecule has 3 rings (SSSR count). The SMILES string of the molecule is COc1ccc(S(=O)(=O)N2CCC3(CCCNC3)C2)c(OC)c1.Cl. The van der Waals surface area contributed by atoms with Crippen LogP contribution in [0.3, 0.4) is 0 Å². The molecular weight excluding hydrogens is 352 g/mol. The highest BCUT2D eigenvalue weighted by atomic mass is 35.5. The average Bonchev–Trinajstić information content (AvgIpc) is 2.99. The second-order valence-corrected chi connectivity index (χ2v) is 8.29. The Kier molecular flexibility index (Phi) is 6.01. The smallest absolute Gasteiger partial charge is 0.246 e. The Hall–Kier alpha value is -1.02. The number of halogens is 1. The molecule has 1 aromatic carbocycles. The topological polar surface area (TPSA) is 67.9 Å². The molecule has 6 nitrogen and oxygen atoms in total. The molecule has 1 unspecified atom stereocenters. The zero-order valence-electron chi connectivity index (χ0n) is 14.1. The van der Waals surface area contributed by atoms with E-state index in [1.807, 2.05) is 0 Å². The molecule has 24 heavy (non-hydrogen) atoms. The van der Waals surface area contributed by atoms with Crippen molar-refractivity contribution >= 4 is 22.4 Å². The molecule has 0 aliphatic carbocycles. The third kappa shape index (κ3) is 3.49. The van der Waals surface area contributed by atoms with E-state index in [-0.39, 0.29) is 22.7 Å². The summed E-state index contributed by atoms with van der Waals surface area (Å²) >= 11 is 0. The molecule has 0 aromatic heterocycles. The first-order chi connectivity index (χ1) is 11.0. The summed E-state index contributed by atoms with van der Waals surface area (Å²) in [6, 6.07) is 4.83. The van der Waals surface area contributed by atoms with E-state index in [9.17, 15) is 8.42 Å². The lowest BCUT2D eigenvalue weighted by Crippen LogP contribution is -2.42. The number of methoxy groups -OCH3 is 2. The van der Waals surface area contributed by atoms with Gasteiger partial charge in [-0.1, -0.05) is 0 Å². The predicted molar refractivity (Wildman–Crippen MR) is 94.7 cm³/mol. The second kappa shape index (κ2) is 7.47. The summed E-state index contributed by atoms with van der Waals surface area (Å²) < 4.78 is 38.1. The van der Waals surface area contributed by atoms with Crippen molar-refractivity contribution in [1.82, 2.24) is 9.62 Å². The van der Waals surface area contributed by atoms with Crippen LogP contribution in [0.25, 0.3) is 0 Å². The van der Waals surface area contributed by atoms with Crippen LogP contribution in [0.4, 0.5) is 0 Å². The number of benzene rings is 1. The summed E-state index contributed by atoms with van der Waals surface area (Å²) in [5.41, 5.74) is 0.0883. The third-order valence-corrected chi connectivity index (χ3v) is 6.84. The molecule has 0 amide bonds. The number of ether oxygens (including phenoxy) is 2. The Morgan fingerprint density at radius 1 is 1.21 bits per heavy atom. The highest BCUT2D eigenvalue weighted by molar-refractivity contribution is 7.89. The number of nitrogens with one attached hydrogen (secondary N) is 1. The Morgan fingerprint density at radius 2 is 2.00 bits per heavy atom. The van der Waals surface area contributed by atoms with E-state index >= 15 is 0 Å². The van der Waals surface area contributed by atoms with Crippen molar-refractivity contribution in [2.75, 3.05) is 40.4 Å². The van der Waals surface area contributed by atoms with Crippen LogP contribution in [0.1, 0.15) is 19.3 Å². The maximum Gasteiger partial charge on any atom is 0.246 e. The first kappa shape index (κ1) is 19.3. The van der Waals surface area contributed by atoms with Crippen molar-refractivity contribution in [3.05, 3.63) is 18.2 Å². The highest BCUT2D eigenvalue weighted by Gasteiger charge is 2.44. The van der Waals surface area contributed by atoms with E-state index in [1.165, 1.54) is 7.11 Å². The van der Waals surface area contributed by atoms with E-state index in [0.29, 0.717) is 24.6 Å². The van der Waals surface area contributed by atoms with Gasteiger partial charge < -0.3 is 14.8 Å². The zero-order chi connectivity index (χ0) is 16.5. The second-order valence-electron chi connectivity index (χ2n) is 6.39. The number of piperidine rings is 1. The summed E-state index contributed by atoms with van der Waals surface area (Å²) in [6.07, 6.45) is 3.11. The van der Waals surface area contributed by atoms with Crippen molar-refractivity contribution in [3.63, 3.8) is 0 Å². The molecular formula is C16H25ClN2O4S. The molecule has 0 radical (unpaired) electrons. The van der Waals surface area contributed by atoms with Gasteiger partial charge in [-0.2, -0.15) is 4.31 Å². The van der Waals surface area contributed by atoms with E-state index in [4.69, 9.17) is 9.47 Å². The Bertz CT molecular complexity index is 675. The van der Waals surface area contributed by atoms with Gasteiger partial charge in [0.25, 0.3) is 0 Å². The van der Waals surface area contributed by atoms with Crippen LogP contribution in [0.15, 0.2) is 23.1 Å². The monoisotopic (exact) mass is 376 g/mol. The number of rotatable bonds is 4. The lowest BCUT2D eigenvalue weighted by molar-refractivity contribution is 0.224. The van der Waals surface area contributed by atoms with Crippen molar-refractivity contribution in [2.24, 2.45) is 5.41 Å². The molecule has 1 aromatic rings. The fourth-order valence-corrected chi connectivity index (χ4v) is 5.30. The minimum atomic E-state index is -3.56. The Balaban J connectivity index is 0.00000208. The van der Waals surface area contributed by atoms with Gasteiger partial charge in [0, 0.05) is 25.7 Å². The van der Waals surface area contributed by atoms with Crippen LogP contribution in [0.5, 0.6) is 11.5 Å². The quantitative estimate of drug-likeness (QED) is 0.869. The van der Waals surface area contributed by atoms with Gasteiger partial charge in [0.2, 0.25) is 10.0 Å². The van der Waals surface area contributed by atoms with Crippen LogP contribution in [0, 0.1) is 5.41 Å². The predicted octanol–water partition coefficient (Wildman–Crippen LogP) is 1.89. The van der Waals surface area contributed by atoms with E-state index < -0.39 is 10.0 Å². The van der Waals surface area contributed by atoms with Gasteiger partial charge in [-0.25, -0.2) is 8.42 Å². The van der Waals surface area contributed by atoms with Crippen LogP contribution in [-0.2, 0) is 10.0 Å². The number of hydrogen-bond acceptors (Lipinski definition) is 5. The van der Waals surface area contributed by atoms with Crippen LogP contribution in [0.2, 0.25) is 0 Å². The van der Waals surface area contributed by atoms with Crippen molar-refractivity contribution in [2.45, 2.75) is 24.2 Å². The molecule has 136 valence electrons. The molecule has 2 saturated heterocycles. The molecule has 0 saturated carbocycles. The Labute approximate surface area is 150 Å². The standard InChI is InChI=1S/C16H24N2O4S.ClH/c1-21-13-4-5-15(14(10-13)22-2)23(19,20)18-9-7-16(12-18)6-3-8-17-11-16;/h4-5,10,17H,3,6-9,11-12H2,1-2H3;1H. The van der Waals surface area contributed by atoms with Gasteiger partial charge >= 0.3 is 0 Å². The first-order valence-electron chi connectivity index (χ1n) is 7.94. The van der Waals surface area contributed by atoms with Crippen molar-refractivity contribution in [3.8, 4) is 11.5 Å². The molecule has 2 aliphatic heterocycles. The summed E-state index contributed by atoms with van der Waals surface area (Å²) in [5.74, 6) is 0.905. The van der Waals surface area contributed by atoms with E-state index in [1.54, 1.807) is 29.6 Å². The molecule has 2 heterocycles. The zero-order valence-corrected chi connectivity index (χ0v) is 15.7. The fraction of sp³-hybridized carbons (Fsp3) is 0.625. The summed E-state index contributed by atoms with van der Waals surface area (Å²) in [7, 11) is -0.535. The molecule has 1 N–H and O–H groups in total. The first-order valence-corrected chi connectivity index (χ1v) is 9.38. The van der Waals surface area contributed by atoms with Crippen LogP contribution < -0.4 is 14.8 Å². The van der Waals surface area contributed by atoms with Crippen molar-refractivity contribution in [1.29, 1.82) is 0 Å². The van der Waals surface area contributed by atoms with Gasteiger partial charge in [0.15, 0.2) is 0 Å². The lowest BCUT2D eigenvalue weighted by atomic mass is 9.80. The lowest BCUT2D eigenvalue weighted by Gasteiger charge is -2.33. The van der Waals surface area contributed by atoms with Crippen LogP contribution in [-0.4, -0.2) is 53.1 Å². The highest BCUT2D eigenvalue weighted by Crippen LogP contribution is 2.40. The van der Waals surface area contributed by atoms with Gasteiger partial charge in [0.05, 0.1) is 14.2 Å². The van der Waals surface area contributed by atoms with E-state index in [2.05, 4.69) is 5.32 Å². The van der Waals surface area contributed by atoms with Crippen LogP contribution >= 0.6 is 12.4 Å². The normalized spacial score (nSPS) is 24.6. The number of nitrogens with zero attached hydrogens (tertiary/aromatic N) is 1. The largest absolute Gasteiger partial charge is 0.497 e. The molecule has 8 heteroatoms. The molecule has 0 bridgehead atoms. The Morgan fingerprint density at radius 3 is 2.62 bits per heavy atom. The molecule has 2 fully saturated rings.